The molecule has 0 aliphatic rings. The number of aromatic nitrogens is 2. The predicted octanol–water partition coefficient (Wildman–Crippen LogP) is 4.50. The number of rotatable bonds is 2. The SMILES string of the molecule is Cc1ccc(C(C)n2c(N)nc3cc(F)c(Br)cc32)s1. The van der Waals surface area contributed by atoms with Crippen LogP contribution in [0.15, 0.2) is 28.7 Å². The normalized spacial score (nSPS) is 13.0. The van der Waals surface area contributed by atoms with Gasteiger partial charge in [0.05, 0.1) is 21.5 Å². The van der Waals surface area contributed by atoms with Crippen molar-refractivity contribution in [3.8, 4) is 0 Å². The third kappa shape index (κ3) is 2.13. The number of imidazole rings is 1. The number of nitrogens with zero attached hydrogens (tertiary/aromatic N) is 2. The van der Waals surface area contributed by atoms with E-state index >= 15 is 0 Å². The maximum absolute atomic E-state index is 13.6. The fourth-order valence-electron chi connectivity index (χ4n) is 2.32. The molecule has 0 spiro atoms. The first-order valence-corrected chi connectivity index (χ1v) is 7.77. The molecule has 2 N–H and O–H groups in total. The first kappa shape index (κ1) is 13.6. The van der Waals surface area contributed by atoms with E-state index in [-0.39, 0.29) is 11.9 Å². The molecule has 0 radical (unpaired) electrons. The highest BCUT2D eigenvalue weighted by atomic mass is 79.9. The molecule has 6 heteroatoms. The number of aryl methyl sites for hydroxylation is 1. The van der Waals surface area contributed by atoms with Gasteiger partial charge >= 0.3 is 0 Å². The van der Waals surface area contributed by atoms with Gasteiger partial charge in [-0.05, 0) is 48.0 Å². The molecule has 1 atom stereocenters. The summed E-state index contributed by atoms with van der Waals surface area (Å²) in [6, 6.07) is 7.37. The molecule has 1 aromatic carbocycles. The highest BCUT2D eigenvalue weighted by Gasteiger charge is 2.18. The number of anilines is 1. The van der Waals surface area contributed by atoms with E-state index in [1.54, 1.807) is 17.4 Å². The topological polar surface area (TPSA) is 43.8 Å². The maximum atomic E-state index is 13.6. The van der Waals surface area contributed by atoms with Crippen LogP contribution < -0.4 is 5.73 Å². The summed E-state index contributed by atoms with van der Waals surface area (Å²) in [6.45, 7) is 4.14. The maximum Gasteiger partial charge on any atom is 0.201 e. The van der Waals surface area contributed by atoms with Crippen molar-refractivity contribution in [2.75, 3.05) is 5.73 Å². The van der Waals surface area contributed by atoms with Crippen molar-refractivity contribution in [1.82, 2.24) is 9.55 Å². The summed E-state index contributed by atoms with van der Waals surface area (Å²) >= 11 is 4.94. The Bertz CT molecular complexity index is 793. The van der Waals surface area contributed by atoms with Crippen LogP contribution >= 0.6 is 27.3 Å². The second-order valence-electron chi connectivity index (χ2n) is 4.72. The lowest BCUT2D eigenvalue weighted by Crippen LogP contribution is -2.08. The predicted molar refractivity (Wildman–Crippen MR) is 84.7 cm³/mol. The van der Waals surface area contributed by atoms with E-state index in [9.17, 15) is 4.39 Å². The molecular weight excluding hydrogens is 341 g/mol. The number of hydrogen-bond acceptors (Lipinski definition) is 3. The first-order chi connectivity index (χ1) is 9.47. The Morgan fingerprint density at radius 1 is 1.40 bits per heavy atom. The third-order valence-electron chi connectivity index (χ3n) is 3.32. The smallest absolute Gasteiger partial charge is 0.201 e. The van der Waals surface area contributed by atoms with E-state index < -0.39 is 0 Å². The van der Waals surface area contributed by atoms with E-state index in [1.807, 2.05) is 4.57 Å². The Morgan fingerprint density at radius 3 is 2.80 bits per heavy atom. The molecule has 3 aromatic rings. The number of halogens is 2. The molecule has 3 nitrogen and oxygen atoms in total. The largest absolute Gasteiger partial charge is 0.369 e. The van der Waals surface area contributed by atoms with Crippen LogP contribution in [0.25, 0.3) is 11.0 Å². The molecule has 0 aliphatic carbocycles. The van der Waals surface area contributed by atoms with Gasteiger partial charge in [0, 0.05) is 15.8 Å². The Balaban J connectivity index is 2.20. The molecular formula is C14H13BrFN3S. The molecule has 0 saturated heterocycles. The molecule has 2 aromatic heterocycles. The van der Waals surface area contributed by atoms with Crippen LogP contribution in [0.3, 0.4) is 0 Å². The van der Waals surface area contributed by atoms with Crippen molar-refractivity contribution in [2.45, 2.75) is 19.9 Å². The fraction of sp³-hybridized carbons (Fsp3) is 0.214. The summed E-state index contributed by atoms with van der Waals surface area (Å²) in [7, 11) is 0. The molecule has 0 fully saturated rings. The number of benzene rings is 1. The van der Waals surface area contributed by atoms with Crippen LogP contribution in [-0.4, -0.2) is 9.55 Å². The second kappa shape index (κ2) is 4.86. The number of nitrogen functional groups attached to an aromatic ring is 1. The zero-order valence-electron chi connectivity index (χ0n) is 11.0. The van der Waals surface area contributed by atoms with Crippen molar-refractivity contribution in [3.05, 3.63) is 44.3 Å². The van der Waals surface area contributed by atoms with Gasteiger partial charge in [0.2, 0.25) is 5.95 Å². The molecule has 0 aliphatic heterocycles. The quantitative estimate of drug-likeness (QED) is 0.736. The standard InChI is InChI=1S/C14H13BrFN3S/c1-7-3-4-13(20-7)8(2)19-12-5-9(15)10(16)6-11(12)18-14(19)17/h3-6,8H,1-2H3,(H2,17,18). The van der Waals surface area contributed by atoms with E-state index in [0.717, 1.165) is 5.52 Å². The van der Waals surface area contributed by atoms with Gasteiger partial charge in [-0.15, -0.1) is 11.3 Å². The Hall–Kier alpha value is -1.40. The van der Waals surface area contributed by atoms with E-state index in [1.165, 1.54) is 15.8 Å². The van der Waals surface area contributed by atoms with Crippen LogP contribution in [0.4, 0.5) is 10.3 Å². The van der Waals surface area contributed by atoms with Gasteiger partial charge in [-0.2, -0.15) is 0 Å². The highest BCUT2D eigenvalue weighted by Crippen LogP contribution is 2.32. The van der Waals surface area contributed by atoms with Crippen molar-refractivity contribution >= 4 is 44.2 Å². The molecule has 1 unspecified atom stereocenters. The van der Waals surface area contributed by atoms with Crippen molar-refractivity contribution in [3.63, 3.8) is 0 Å². The molecule has 0 saturated carbocycles. The highest BCUT2D eigenvalue weighted by molar-refractivity contribution is 9.10. The molecule has 3 rings (SSSR count). The van der Waals surface area contributed by atoms with E-state index in [4.69, 9.17) is 5.73 Å². The lowest BCUT2D eigenvalue weighted by molar-refractivity contribution is 0.622. The van der Waals surface area contributed by atoms with Crippen LogP contribution in [-0.2, 0) is 0 Å². The minimum absolute atomic E-state index is 0.0658. The molecule has 2 heterocycles. The summed E-state index contributed by atoms with van der Waals surface area (Å²) < 4.78 is 15.9. The van der Waals surface area contributed by atoms with Crippen molar-refractivity contribution in [2.24, 2.45) is 0 Å². The number of thiophene rings is 1. The van der Waals surface area contributed by atoms with Crippen LogP contribution in [0.1, 0.15) is 22.7 Å². The molecule has 20 heavy (non-hydrogen) atoms. The summed E-state index contributed by atoms with van der Waals surface area (Å²) in [5.74, 6) is 0.0674. The van der Waals surface area contributed by atoms with Crippen molar-refractivity contribution in [1.29, 1.82) is 0 Å². The van der Waals surface area contributed by atoms with Crippen LogP contribution in [0, 0.1) is 12.7 Å². The zero-order valence-corrected chi connectivity index (χ0v) is 13.4. The van der Waals surface area contributed by atoms with E-state index in [0.29, 0.717) is 15.9 Å². The third-order valence-corrected chi connectivity index (χ3v) is 5.10. The monoisotopic (exact) mass is 353 g/mol. The summed E-state index contributed by atoms with van der Waals surface area (Å²) in [5, 5.41) is 0. The molecule has 104 valence electrons. The van der Waals surface area contributed by atoms with Crippen LogP contribution in [0.2, 0.25) is 0 Å². The first-order valence-electron chi connectivity index (χ1n) is 6.16. The lowest BCUT2D eigenvalue weighted by Gasteiger charge is -2.14. The van der Waals surface area contributed by atoms with Gasteiger partial charge in [0.25, 0.3) is 0 Å². The number of nitrogens with two attached hydrogens (primary N) is 1. The van der Waals surface area contributed by atoms with Crippen LogP contribution in [0.5, 0.6) is 0 Å². The van der Waals surface area contributed by atoms with Crippen molar-refractivity contribution < 1.29 is 4.39 Å². The number of fused-ring (bicyclic) bond motifs is 1. The van der Waals surface area contributed by atoms with Gasteiger partial charge in [-0.25, -0.2) is 9.37 Å². The van der Waals surface area contributed by atoms with Gasteiger partial charge in [0.15, 0.2) is 0 Å². The Kier molecular flexibility index (Phi) is 3.30. The second-order valence-corrected chi connectivity index (χ2v) is 6.89. The van der Waals surface area contributed by atoms with E-state index in [2.05, 4.69) is 46.9 Å². The molecule has 0 amide bonds. The average molecular weight is 354 g/mol. The van der Waals surface area contributed by atoms with Gasteiger partial charge in [-0.1, -0.05) is 0 Å². The summed E-state index contributed by atoms with van der Waals surface area (Å²) in [6.07, 6.45) is 0. The Labute approximate surface area is 128 Å². The minimum Gasteiger partial charge on any atom is -0.369 e. The summed E-state index contributed by atoms with van der Waals surface area (Å²) in [5.41, 5.74) is 7.42. The molecule has 0 bridgehead atoms. The summed E-state index contributed by atoms with van der Waals surface area (Å²) in [4.78, 5) is 6.71. The van der Waals surface area contributed by atoms with Gasteiger partial charge in [0.1, 0.15) is 5.82 Å². The Morgan fingerprint density at radius 2 is 2.15 bits per heavy atom. The zero-order chi connectivity index (χ0) is 14.4. The number of hydrogen-bond donors (Lipinski definition) is 1. The van der Waals surface area contributed by atoms with Gasteiger partial charge < -0.3 is 10.3 Å². The minimum atomic E-state index is -0.332. The lowest BCUT2D eigenvalue weighted by atomic mass is 10.2. The fourth-order valence-corrected chi connectivity index (χ4v) is 3.57. The van der Waals surface area contributed by atoms with Gasteiger partial charge in [-0.3, -0.25) is 0 Å². The average Bonchev–Trinajstić information content (AvgIpc) is 2.93.